The normalized spacial score (nSPS) is 17.2. The number of anilines is 1. The van der Waals surface area contributed by atoms with Crippen molar-refractivity contribution in [3.05, 3.63) is 59.2 Å². The van der Waals surface area contributed by atoms with Gasteiger partial charge in [0, 0.05) is 18.7 Å². The molecule has 1 saturated heterocycles. The number of benzene rings is 2. The highest BCUT2D eigenvalue weighted by Crippen LogP contribution is 2.26. The van der Waals surface area contributed by atoms with Crippen molar-refractivity contribution < 1.29 is 19.4 Å². The molecule has 2 aromatic rings. The average molecular weight is 325 g/mol. The van der Waals surface area contributed by atoms with Crippen LogP contribution in [0.25, 0.3) is 0 Å². The van der Waals surface area contributed by atoms with Crippen molar-refractivity contribution in [1.29, 1.82) is 0 Å². The van der Waals surface area contributed by atoms with Crippen LogP contribution in [0, 0.1) is 13.8 Å². The number of hydrogen-bond acceptors (Lipinski definition) is 3. The van der Waals surface area contributed by atoms with Crippen molar-refractivity contribution in [2.75, 3.05) is 11.4 Å². The molecule has 24 heavy (non-hydrogen) atoms. The van der Waals surface area contributed by atoms with Gasteiger partial charge in [0.15, 0.2) is 6.10 Å². The molecule has 1 heterocycles. The summed E-state index contributed by atoms with van der Waals surface area (Å²) >= 11 is 0. The number of hydrogen-bond donors (Lipinski definition) is 1. The van der Waals surface area contributed by atoms with E-state index in [0.29, 0.717) is 24.4 Å². The van der Waals surface area contributed by atoms with E-state index >= 15 is 0 Å². The first kappa shape index (κ1) is 16.1. The molecular weight excluding hydrogens is 306 g/mol. The number of ether oxygens (including phenoxy) is 1. The Hall–Kier alpha value is -2.82. The number of nitrogens with zero attached hydrogens (tertiary/aromatic N) is 1. The highest BCUT2D eigenvalue weighted by Gasteiger charge is 2.34. The Labute approximate surface area is 140 Å². The molecular formula is C19H19NO4. The third-order valence-corrected chi connectivity index (χ3v) is 4.32. The number of rotatable bonds is 4. The lowest BCUT2D eigenvalue weighted by molar-refractivity contribution is -0.122. The largest absolute Gasteiger partial charge is 0.481 e. The molecule has 1 N–H and O–H groups in total. The molecule has 124 valence electrons. The second-order valence-electron chi connectivity index (χ2n) is 5.99. The summed E-state index contributed by atoms with van der Waals surface area (Å²) in [5.74, 6) is -0.472. The summed E-state index contributed by atoms with van der Waals surface area (Å²) in [4.78, 5) is 25.3. The molecule has 5 heteroatoms. The van der Waals surface area contributed by atoms with Gasteiger partial charge in [-0.15, -0.1) is 0 Å². The van der Waals surface area contributed by atoms with E-state index in [1.54, 1.807) is 17.0 Å². The van der Waals surface area contributed by atoms with Crippen LogP contribution in [-0.4, -0.2) is 29.6 Å². The first-order valence-corrected chi connectivity index (χ1v) is 7.84. The number of carbonyl (C=O) groups excluding carboxylic acids is 1. The molecule has 3 rings (SSSR count). The minimum absolute atomic E-state index is 0.143. The van der Waals surface area contributed by atoms with Crippen LogP contribution in [0.15, 0.2) is 42.5 Å². The van der Waals surface area contributed by atoms with Gasteiger partial charge in [-0.25, -0.2) is 4.79 Å². The number of aromatic carboxylic acids is 1. The monoisotopic (exact) mass is 325 g/mol. The van der Waals surface area contributed by atoms with Crippen LogP contribution in [0.4, 0.5) is 5.69 Å². The summed E-state index contributed by atoms with van der Waals surface area (Å²) in [6.07, 6.45) is 0.0314. The van der Waals surface area contributed by atoms with Crippen molar-refractivity contribution in [3.63, 3.8) is 0 Å². The Morgan fingerprint density at radius 2 is 1.96 bits per heavy atom. The molecule has 0 aliphatic carbocycles. The second kappa shape index (κ2) is 6.35. The molecule has 0 saturated carbocycles. The molecule has 1 atom stereocenters. The predicted octanol–water partition coefficient (Wildman–Crippen LogP) is 3.19. The van der Waals surface area contributed by atoms with E-state index in [0.717, 1.165) is 5.56 Å². The van der Waals surface area contributed by atoms with Gasteiger partial charge in [-0.05, 0) is 55.3 Å². The maximum Gasteiger partial charge on any atom is 0.335 e. The predicted molar refractivity (Wildman–Crippen MR) is 90.7 cm³/mol. The lowest BCUT2D eigenvalue weighted by Crippen LogP contribution is -2.32. The van der Waals surface area contributed by atoms with E-state index < -0.39 is 12.1 Å². The Bertz CT molecular complexity index is 800. The number of carbonyl (C=O) groups is 2. The van der Waals surface area contributed by atoms with E-state index in [1.165, 1.54) is 17.7 Å². The van der Waals surface area contributed by atoms with Crippen LogP contribution in [0.3, 0.4) is 0 Å². The van der Waals surface area contributed by atoms with Gasteiger partial charge < -0.3 is 14.7 Å². The van der Waals surface area contributed by atoms with Gasteiger partial charge in [0.2, 0.25) is 0 Å². The number of aryl methyl sites for hydroxylation is 2. The van der Waals surface area contributed by atoms with Gasteiger partial charge in [0.25, 0.3) is 5.91 Å². The van der Waals surface area contributed by atoms with Crippen LogP contribution in [0.5, 0.6) is 5.75 Å². The topological polar surface area (TPSA) is 66.8 Å². The zero-order valence-electron chi connectivity index (χ0n) is 13.7. The lowest BCUT2D eigenvalue weighted by Gasteiger charge is -2.18. The van der Waals surface area contributed by atoms with Crippen LogP contribution < -0.4 is 9.64 Å². The zero-order chi connectivity index (χ0) is 17.3. The molecule has 5 nitrogen and oxygen atoms in total. The molecule has 0 bridgehead atoms. The fraction of sp³-hybridized carbons (Fsp3) is 0.263. The highest BCUT2D eigenvalue weighted by atomic mass is 16.5. The maximum atomic E-state index is 12.6. The standard InChI is InChI=1S/C19H19NO4/c1-12-6-7-16(10-13(12)2)24-17-8-9-20(18(17)21)15-5-3-4-14(11-15)19(22)23/h3-7,10-11,17H,8-9H2,1-2H3,(H,22,23)/t17-/m1/s1. The van der Waals surface area contributed by atoms with Crippen molar-refractivity contribution in [2.45, 2.75) is 26.4 Å². The van der Waals surface area contributed by atoms with Crippen molar-refractivity contribution in [2.24, 2.45) is 0 Å². The molecule has 0 aromatic heterocycles. The van der Waals surface area contributed by atoms with Crippen molar-refractivity contribution in [1.82, 2.24) is 0 Å². The average Bonchev–Trinajstić information content (AvgIpc) is 2.92. The Kier molecular flexibility index (Phi) is 4.25. The Balaban J connectivity index is 1.76. The first-order chi connectivity index (χ1) is 11.5. The fourth-order valence-corrected chi connectivity index (χ4v) is 2.78. The molecule has 0 spiro atoms. The molecule has 2 aromatic carbocycles. The summed E-state index contributed by atoms with van der Waals surface area (Å²) in [5, 5.41) is 9.09. The summed E-state index contributed by atoms with van der Waals surface area (Å²) in [6.45, 7) is 4.54. The first-order valence-electron chi connectivity index (χ1n) is 7.84. The van der Waals surface area contributed by atoms with Gasteiger partial charge in [-0.3, -0.25) is 4.79 Å². The van der Waals surface area contributed by atoms with Gasteiger partial charge in [-0.2, -0.15) is 0 Å². The smallest absolute Gasteiger partial charge is 0.335 e. The van der Waals surface area contributed by atoms with E-state index in [-0.39, 0.29) is 11.5 Å². The quantitative estimate of drug-likeness (QED) is 0.937. The molecule has 1 aliphatic heterocycles. The minimum Gasteiger partial charge on any atom is -0.481 e. The Morgan fingerprint density at radius 1 is 1.17 bits per heavy atom. The van der Waals surface area contributed by atoms with Crippen molar-refractivity contribution >= 4 is 17.6 Å². The molecule has 1 fully saturated rings. The van der Waals surface area contributed by atoms with E-state index in [4.69, 9.17) is 9.84 Å². The molecule has 0 unspecified atom stereocenters. The van der Waals surface area contributed by atoms with Gasteiger partial charge in [0.1, 0.15) is 5.75 Å². The molecule has 1 aliphatic rings. The van der Waals surface area contributed by atoms with Crippen LogP contribution >= 0.6 is 0 Å². The van der Waals surface area contributed by atoms with E-state index in [2.05, 4.69) is 0 Å². The van der Waals surface area contributed by atoms with Crippen LogP contribution in [0.2, 0.25) is 0 Å². The van der Waals surface area contributed by atoms with Crippen molar-refractivity contribution in [3.8, 4) is 5.75 Å². The number of carboxylic acids is 1. The number of carboxylic acid groups (broad SMARTS) is 1. The molecule has 1 amide bonds. The third kappa shape index (κ3) is 3.11. The van der Waals surface area contributed by atoms with Gasteiger partial charge in [0.05, 0.1) is 5.56 Å². The number of amides is 1. The summed E-state index contributed by atoms with van der Waals surface area (Å²) in [5.41, 5.74) is 3.04. The highest BCUT2D eigenvalue weighted by molar-refractivity contribution is 6.00. The second-order valence-corrected chi connectivity index (χ2v) is 5.99. The SMILES string of the molecule is Cc1ccc(O[C@@H]2CCN(c3cccc(C(=O)O)c3)C2=O)cc1C. The van der Waals surface area contributed by atoms with E-state index in [1.807, 2.05) is 32.0 Å². The summed E-state index contributed by atoms with van der Waals surface area (Å²) in [6, 6.07) is 12.2. The zero-order valence-corrected chi connectivity index (χ0v) is 13.7. The minimum atomic E-state index is -1.01. The summed E-state index contributed by atoms with van der Waals surface area (Å²) in [7, 11) is 0. The van der Waals surface area contributed by atoms with Gasteiger partial charge >= 0.3 is 5.97 Å². The third-order valence-electron chi connectivity index (χ3n) is 4.32. The summed E-state index contributed by atoms with van der Waals surface area (Å²) < 4.78 is 5.85. The van der Waals surface area contributed by atoms with Crippen LogP contribution in [-0.2, 0) is 4.79 Å². The van der Waals surface area contributed by atoms with E-state index in [9.17, 15) is 9.59 Å². The molecule has 0 radical (unpaired) electrons. The lowest BCUT2D eigenvalue weighted by atomic mass is 10.1. The maximum absolute atomic E-state index is 12.6. The Morgan fingerprint density at radius 3 is 2.67 bits per heavy atom. The van der Waals surface area contributed by atoms with Gasteiger partial charge in [-0.1, -0.05) is 12.1 Å². The van der Waals surface area contributed by atoms with Crippen LogP contribution in [0.1, 0.15) is 27.9 Å². The fourth-order valence-electron chi connectivity index (χ4n) is 2.78.